The second-order valence-corrected chi connectivity index (χ2v) is 5.53. The zero-order valence-corrected chi connectivity index (χ0v) is 12.5. The van der Waals surface area contributed by atoms with Crippen LogP contribution >= 0.6 is 0 Å². The van der Waals surface area contributed by atoms with Crippen LogP contribution < -0.4 is 5.32 Å². The van der Waals surface area contributed by atoms with Crippen LogP contribution in [0.1, 0.15) is 38.0 Å². The highest BCUT2D eigenvalue weighted by Gasteiger charge is 2.33. The van der Waals surface area contributed by atoms with E-state index < -0.39 is 0 Å². The molecule has 1 N–H and O–H groups in total. The van der Waals surface area contributed by atoms with Crippen molar-refractivity contribution in [3.05, 3.63) is 29.3 Å². The van der Waals surface area contributed by atoms with E-state index in [0.717, 1.165) is 36.3 Å². The number of aryl methyl sites for hydroxylation is 1. The molecule has 6 nitrogen and oxygen atoms in total. The first-order chi connectivity index (χ1) is 10.2. The van der Waals surface area contributed by atoms with Gasteiger partial charge < -0.3 is 14.8 Å². The molecule has 0 bridgehead atoms. The Balaban J connectivity index is 1.72. The van der Waals surface area contributed by atoms with Crippen molar-refractivity contribution in [1.82, 2.24) is 15.1 Å². The van der Waals surface area contributed by atoms with Gasteiger partial charge in [-0.1, -0.05) is 0 Å². The van der Waals surface area contributed by atoms with E-state index >= 15 is 0 Å². The second kappa shape index (κ2) is 5.89. The van der Waals surface area contributed by atoms with Crippen molar-refractivity contribution < 1.29 is 14.3 Å². The van der Waals surface area contributed by atoms with Crippen molar-refractivity contribution >= 4 is 5.91 Å². The molecule has 0 aromatic carbocycles. The zero-order valence-electron chi connectivity index (χ0n) is 12.5. The molecule has 1 fully saturated rings. The molecule has 6 heteroatoms. The van der Waals surface area contributed by atoms with Gasteiger partial charge in [-0.15, -0.1) is 0 Å². The summed E-state index contributed by atoms with van der Waals surface area (Å²) in [6, 6.07) is 1.92. The molecular weight excluding hydrogens is 270 g/mol. The van der Waals surface area contributed by atoms with Gasteiger partial charge in [0, 0.05) is 19.9 Å². The fourth-order valence-corrected chi connectivity index (χ4v) is 2.96. The Morgan fingerprint density at radius 2 is 2.33 bits per heavy atom. The molecule has 0 radical (unpaired) electrons. The van der Waals surface area contributed by atoms with E-state index in [2.05, 4.69) is 10.4 Å². The number of nitrogens with one attached hydrogen (secondary N) is 1. The quantitative estimate of drug-likeness (QED) is 0.915. The van der Waals surface area contributed by atoms with Crippen LogP contribution in [0.3, 0.4) is 0 Å². The summed E-state index contributed by atoms with van der Waals surface area (Å²) in [5.41, 5.74) is 1.75. The van der Waals surface area contributed by atoms with Gasteiger partial charge in [0.15, 0.2) is 0 Å². The minimum Gasteiger partial charge on any atom is -0.498 e. The Bertz CT molecular complexity index is 564. The van der Waals surface area contributed by atoms with E-state index in [4.69, 9.17) is 9.47 Å². The van der Waals surface area contributed by atoms with Gasteiger partial charge in [0.1, 0.15) is 11.9 Å². The predicted molar refractivity (Wildman–Crippen MR) is 76.3 cm³/mol. The molecule has 3 rings (SSSR count). The van der Waals surface area contributed by atoms with Crippen molar-refractivity contribution in [3.63, 3.8) is 0 Å². The Labute approximate surface area is 124 Å². The molecule has 1 saturated heterocycles. The average Bonchev–Trinajstić information content (AvgIpc) is 3.07. The van der Waals surface area contributed by atoms with Crippen LogP contribution in [0.15, 0.2) is 23.6 Å². The molecule has 0 spiro atoms. The topological polar surface area (TPSA) is 65.4 Å². The number of ether oxygens (including phenoxy) is 2. The molecule has 0 aliphatic carbocycles. The van der Waals surface area contributed by atoms with Gasteiger partial charge in [-0.2, -0.15) is 5.10 Å². The van der Waals surface area contributed by atoms with E-state index in [1.165, 1.54) is 0 Å². The molecular formula is C15H21N3O3. The van der Waals surface area contributed by atoms with E-state index in [1.54, 1.807) is 10.9 Å². The fraction of sp³-hybridized carbons (Fsp3) is 0.600. The van der Waals surface area contributed by atoms with Crippen LogP contribution in [0.25, 0.3) is 0 Å². The van der Waals surface area contributed by atoms with Gasteiger partial charge in [0.05, 0.1) is 23.9 Å². The lowest BCUT2D eigenvalue weighted by atomic mass is 10.0. The SMILES string of the molecule is CC1=C(C(=O)N[C@H]2CCO[C@@H]2c2ccnn2C)CCCO1. The largest absolute Gasteiger partial charge is 0.498 e. The van der Waals surface area contributed by atoms with E-state index in [-0.39, 0.29) is 18.1 Å². The molecule has 0 saturated carbocycles. The van der Waals surface area contributed by atoms with Crippen LogP contribution in [-0.2, 0) is 21.3 Å². The summed E-state index contributed by atoms with van der Waals surface area (Å²) in [6.45, 7) is 3.21. The van der Waals surface area contributed by atoms with Crippen LogP contribution in [0.5, 0.6) is 0 Å². The average molecular weight is 291 g/mol. The smallest absolute Gasteiger partial charge is 0.250 e. The van der Waals surface area contributed by atoms with E-state index in [1.807, 2.05) is 20.0 Å². The van der Waals surface area contributed by atoms with Crippen molar-refractivity contribution in [1.29, 1.82) is 0 Å². The van der Waals surface area contributed by atoms with Gasteiger partial charge in [-0.3, -0.25) is 9.48 Å². The van der Waals surface area contributed by atoms with Crippen molar-refractivity contribution in [2.24, 2.45) is 7.05 Å². The first kappa shape index (κ1) is 14.1. The first-order valence-electron chi connectivity index (χ1n) is 7.39. The fourth-order valence-electron chi connectivity index (χ4n) is 2.96. The molecule has 0 unspecified atom stereocenters. The van der Waals surface area contributed by atoms with Crippen molar-refractivity contribution in [2.45, 2.75) is 38.3 Å². The number of rotatable bonds is 3. The summed E-state index contributed by atoms with van der Waals surface area (Å²) in [7, 11) is 1.89. The minimum atomic E-state index is -0.133. The molecule has 1 aromatic heterocycles. The standard InChI is InChI=1S/C15H21N3O3/c1-10-11(4-3-8-20-10)15(19)17-12-6-9-21-14(12)13-5-7-16-18(13)2/h5,7,12,14H,3-4,6,8-9H2,1-2H3,(H,17,19)/t12-,14-/m0/s1. The van der Waals surface area contributed by atoms with Crippen LogP contribution in [0.4, 0.5) is 0 Å². The third kappa shape index (κ3) is 2.81. The molecule has 2 atom stereocenters. The molecule has 114 valence electrons. The van der Waals surface area contributed by atoms with E-state index in [9.17, 15) is 4.79 Å². The third-order valence-electron chi connectivity index (χ3n) is 4.15. The molecule has 1 amide bonds. The maximum absolute atomic E-state index is 12.4. The minimum absolute atomic E-state index is 0.0184. The Kier molecular flexibility index (Phi) is 3.96. The Morgan fingerprint density at radius 3 is 3.05 bits per heavy atom. The number of hydrogen-bond donors (Lipinski definition) is 1. The van der Waals surface area contributed by atoms with Crippen molar-refractivity contribution in [2.75, 3.05) is 13.2 Å². The summed E-state index contributed by atoms with van der Waals surface area (Å²) < 4.78 is 13.0. The van der Waals surface area contributed by atoms with Gasteiger partial charge >= 0.3 is 0 Å². The number of aromatic nitrogens is 2. The highest BCUT2D eigenvalue weighted by molar-refractivity contribution is 5.94. The maximum atomic E-state index is 12.4. The van der Waals surface area contributed by atoms with Gasteiger partial charge in [0.25, 0.3) is 5.91 Å². The predicted octanol–water partition coefficient (Wildman–Crippen LogP) is 1.45. The maximum Gasteiger partial charge on any atom is 0.250 e. The molecule has 2 aliphatic rings. The lowest BCUT2D eigenvalue weighted by molar-refractivity contribution is -0.119. The lowest BCUT2D eigenvalue weighted by Gasteiger charge is -2.23. The number of nitrogens with zero attached hydrogens (tertiary/aromatic N) is 2. The monoisotopic (exact) mass is 291 g/mol. The number of allylic oxidation sites excluding steroid dienone is 1. The number of carbonyl (C=O) groups is 1. The highest BCUT2D eigenvalue weighted by Crippen LogP contribution is 2.29. The molecule has 1 aromatic rings. The normalized spacial score (nSPS) is 25.8. The Hall–Kier alpha value is -1.82. The van der Waals surface area contributed by atoms with Crippen LogP contribution in [0, 0.1) is 0 Å². The molecule has 21 heavy (non-hydrogen) atoms. The summed E-state index contributed by atoms with van der Waals surface area (Å²) in [4.78, 5) is 12.4. The molecule has 3 heterocycles. The summed E-state index contributed by atoms with van der Waals surface area (Å²) >= 11 is 0. The third-order valence-corrected chi connectivity index (χ3v) is 4.15. The van der Waals surface area contributed by atoms with Gasteiger partial charge in [-0.05, 0) is 32.3 Å². The van der Waals surface area contributed by atoms with Gasteiger partial charge in [-0.25, -0.2) is 0 Å². The second-order valence-electron chi connectivity index (χ2n) is 5.53. The summed E-state index contributed by atoms with van der Waals surface area (Å²) in [5, 5.41) is 7.27. The molecule has 2 aliphatic heterocycles. The summed E-state index contributed by atoms with van der Waals surface area (Å²) in [6.07, 6.45) is 4.10. The Morgan fingerprint density at radius 1 is 1.48 bits per heavy atom. The zero-order chi connectivity index (χ0) is 14.8. The number of carbonyl (C=O) groups excluding carboxylic acids is 1. The first-order valence-corrected chi connectivity index (χ1v) is 7.39. The van der Waals surface area contributed by atoms with E-state index in [0.29, 0.717) is 13.2 Å². The highest BCUT2D eigenvalue weighted by atomic mass is 16.5. The van der Waals surface area contributed by atoms with Crippen LogP contribution in [0.2, 0.25) is 0 Å². The van der Waals surface area contributed by atoms with Crippen LogP contribution in [-0.4, -0.2) is 34.9 Å². The summed E-state index contributed by atoms with van der Waals surface area (Å²) in [5.74, 6) is 0.713. The lowest BCUT2D eigenvalue weighted by Crippen LogP contribution is -2.39. The van der Waals surface area contributed by atoms with Gasteiger partial charge in [0.2, 0.25) is 0 Å². The number of hydrogen-bond acceptors (Lipinski definition) is 4. The van der Waals surface area contributed by atoms with Crippen molar-refractivity contribution in [3.8, 4) is 0 Å². The number of amides is 1.